The molecule has 1 aromatic carbocycles. The van der Waals surface area contributed by atoms with Crippen molar-refractivity contribution in [2.45, 2.75) is 25.8 Å². The number of ether oxygens (including phenoxy) is 1. The lowest BCUT2D eigenvalue weighted by molar-refractivity contribution is 0.0686. The first-order valence-corrected chi connectivity index (χ1v) is 7.51. The van der Waals surface area contributed by atoms with Gasteiger partial charge >= 0.3 is 5.97 Å². The molecule has 0 aliphatic heterocycles. The molecule has 0 bridgehead atoms. The minimum atomic E-state index is -1.26. The zero-order valence-electron chi connectivity index (χ0n) is 13.6. The standard InChI is InChI=1S/C16H22BN3O4/c1-10(8-20-9-12(19)5-7-18)24-13-3-2-11(4-6-17)15(21)14(13)16(22)23/h2-3,5,7,10,18,20-21H,4,6,8-9,19H2,1H3,(H,22,23). The number of aromatic carboxylic acids is 1. The van der Waals surface area contributed by atoms with Gasteiger partial charge in [-0.25, -0.2) is 4.79 Å². The predicted octanol–water partition coefficient (Wildman–Crippen LogP) is 1.07. The fourth-order valence-corrected chi connectivity index (χ4v) is 2.12. The Hall–Kier alpha value is -2.48. The van der Waals surface area contributed by atoms with Crippen LogP contribution in [0.2, 0.25) is 6.32 Å². The van der Waals surface area contributed by atoms with Crippen molar-refractivity contribution in [3.63, 3.8) is 0 Å². The topological polar surface area (TPSA) is 129 Å². The molecule has 1 atom stereocenters. The molecule has 0 saturated heterocycles. The first-order chi connectivity index (χ1) is 11.4. The average Bonchev–Trinajstić information content (AvgIpc) is 2.50. The monoisotopic (exact) mass is 331 g/mol. The number of benzene rings is 1. The molecule has 1 unspecified atom stereocenters. The van der Waals surface area contributed by atoms with Gasteiger partial charge in [0.1, 0.15) is 23.2 Å². The summed E-state index contributed by atoms with van der Waals surface area (Å²) in [6.07, 6.45) is 2.90. The van der Waals surface area contributed by atoms with Crippen LogP contribution in [0.25, 0.3) is 0 Å². The number of carboxylic acids is 1. The first-order valence-electron chi connectivity index (χ1n) is 7.51. The molecule has 8 heteroatoms. The minimum Gasteiger partial charge on any atom is -0.507 e. The van der Waals surface area contributed by atoms with Gasteiger partial charge in [0.2, 0.25) is 0 Å². The van der Waals surface area contributed by atoms with E-state index >= 15 is 0 Å². The summed E-state index contributed by atoms with van der Waals surface area (Å²) in [6.45, 7) is 2.56. The molecule has 0 saturated carbocycles. The van der Waals surface area contributed by atoms with Gasteiger partial charge in [-0.2, -0.15) is 0 Å². The number of carboxylic acid groups (broad SMARTS) is 1. The van der Waals surface area contributed by atoms with Crippen LogP contribution in [0.15, 0.2) is 23.9 Å². The quantitative estimate of drug-likeness (QED) is 0.322. The Kier molecular flexibility index (Phi) is 7.84. The van der Waals surface area contributed by atoms with Gasteiger partial charge in [0, 0.05) is 25.0 Å². The number of hydrogen-bond acceptors (Lipinski definition) is 6. The third-order valence-corrected chi connectivity index (χ3v) is 3.24. The van der Waals surface area contributed by atoms with Crippen LogP contribution >= 0.6 is 0 Å². The summed E-state index contributed by atoms with van der Waals surface area (Å²) in [4.78, 5) is 11.4. The molecule has 0 heterocycles. The van der Waals surface area contributed by atoms with E-state index in [1.807, 2.05) is 0 Å². The van der Waals surface area contributed by atoms with E-state index in [2.05, 4.69) is 5.32 Å². The zero-order valence-corrected chi connectivity index (χ0v) is 13.6. The fraction of sp³-hybridized carbons (Fsp3) is 0.375. The molecule has 128 valence electrons. The Morgan fingerprint density at radius 3 is 2.83 bits per heavy atom. The van der Waals surface area contributed by atoms with E-state index in [1.54, 1.807) is 13.0 Å². The van der Waals surface area contributed by atoms with Crippen molar-refractivity contribution in [2.75, 3.05) is 13.1 Å². The van der Waals surface area contributed by atoms with Gasteiger partial charge in [0.25, 0.3) is 0 Å². The smallest absolute Gasteiger partial charge is 0.343 e. The van der Waals surface area contributed by atoms with Crippen LogP contribution in [0, 0.1) is 5.41 Å². The first kappa shape index (κ1) is 19.6. The van der Waals surface area contributed by atoms with Gasteiger partial charge in [-0.1, -0.05) is 12.4 Å². The van der Waals surface area contributed by atoms with Crippen LogP contribution in [0.5, 0.6) is 11.5 Å². The van der Waals surface area contributed by atoms with E-state index in [0.717, 1.165) is 6.21 Å². The maximum absolute atomic E-state index is 11.4. The van der Waals surface area contributed by atoms with Crippen molar-refractivity contribution in [1.82, 2.24) is 5.32 Å². The summed E-state index contributed by atoms with van der Waals surface area (Å²) in [6, 6.07) is 3.13. The van der Waals surface area contributed by atoms with E-state index in [-0.39, 0.29) is 23.2 Å². The lowest BCUT2D eigenvalue weighted by Gasteiger charge is -2.18. The summed E-state index contributed by atoms with van der Waals surface area (Å²) in [5.74, 6) is -1.48. The third kappa shape index (κ3) is 5.62. The molecule has 24 heavy (non-hydrogen) atoms. The molecule has 7 nitrogen and oxygen atoms in total. The predicted molar refractivity (Wildman–Crippen MR) is 93.3 cm³/mol. The Morgan fingerprint density at radius 1 is 1.54 bits per heavy atom. The van der Waals surface area contributed by atoms with Crippen molar-refractivity contribution in [2.24, 2.45) is 5.73 Å². The highest BCUT2D eigenvalue weighted by molar-refractivity contribution is 6.08. The Bertz CT molecular complexity index is 620. The van der Waals surface area contributed by atoms with Crippen LogP contribution < -0.4 is 15.8 Å². The van der Waals surface area contributed by atoms with E-state index in [1.165, 1.54) is 12.1 Å². The Balaban J connectivity index is 2.79. The van der Waals surface area contributed by atoms with Gasteiger partial charge in [0.05, 0.1) is 7.85 Å². The number of aromatic hydroxyl groups is 1. The lowest BCUT2D eigenvalue weighted by atomic mass is 9.95. The maximum atomic E-state index is 11.4. The van der Waals surface area contributed by atoms with Crippen molar-refractivity contribution >= 4 is 20.0 Å². The molecule has 0 aliphatic carbocycles. The SMILES string of the molecule is [B]CCc1ccc(OC(C)CNCC(N)=CC=N)c(C(=O)O)c1O. The van der Waals surface area contributed by atoms with Gasteiger partial charge in [-0.15, -0.1) is 0 Å². The van der Waals surface area contributed by atoms with Gasteiger partial charge in [-0.05, 0) is 31.1 Å². The van der Waals surface area contributed by atoms with Crippen molar-refractivity contribution in [3.8, 4) is 11.5 Å². The molecule has 0 amide bonds. The second-order valence-electron chi connectivity index (χ2n) is 5.26. The summed E-state index contributed by atoms with van der Waals surface area (Å²) in [7, 11) is 5.45. The Morgan fingerprint density at radius 2 is 2.25 bits per heavy atom. The van der Waals surface area contributed by atoms with Gasteiger partial charge in [-0.3, -0.25) is 0 Å². The summed E-state index contributed by atoms with van der Waals surface area (Å²) in [5.41, 5.74) is 6.35. The number of allylic oxidation sites excluding steroid dienone is 1. The summed E-state index contributed by atoms with van der Waals surface area (Å²) >= 11 is 0. The molecule has 1 aromatic rings. The lowest BCUT2D eigenvalue weighted by Crippen LogP contribution is -2.32. The number of hydrogen-bond donors (Lipinski definition) is 5. The number of nitrogens with two attached hydrogens (primary N) is 1. The minimum absolute atomic E-state index is 0.0954. The molecule has 0 aliphatic rings. The Labute approximate surface area is 142 Å². The molecule has 0 fully saturated rings. The molecule has 0 aromatic heterocycles. The van der Waals surface area contributed by atoms with Crippen molar-refractivity contribution in [1.29, 1.82) is 5.41 Å². The zero-order chi connectivity index (χ0) is 18.1. The number of nitrogens with one attached hydrogen (secondary N) is 2. The van der Waals surface area contributed by atoms with Crippen LogP contribution in [-0.2, 0) is 6.42 Å². The van der Waals surface area contributed by atoms with Crippen LogP contribution in [0.1, 0.15) is 22.8 Å². The fourth-order valence-electron chi connectivity index (χ4n) is 2.12. The highest BCUT2D eigenvalue weighted by Gasteiger charge is 2.21. The normalized spacial score (nSPS) is 12.6. The molecular weight excluding hydrogens is 309 g/mol. The molecule has 0 spiro atoms. The molecule has 2 radical (unpaired) electrons. The van der Waals surface area contributed by atoms with Gasteiger partial charge in [0.15, 0.2) is 0 Å². The van der Waals surface area contributed by atoms with E-state index in [0.29, 0.717) is 37.1 Å². The highest BCUT2D eigenvalue weighted by atomic mass is 16.5. The number of rotatable bonds is 10. The number of phenols is 1. The molecular formula is C16H22BN3O4. The van der Waals surface area contributed by atoms with Crippen LogP contribution in [0.4, 0.5) is 0 Å². The second-order valence-corrected chi connectivity index (χ2v) is 5.26. The maximum Gasteiger partial charge on any atom is 0.343 e. The van der Waals surface area contributed by atoms with Gasteiger partial charge < -0.3 is 31.4 Å². The second kappa shape index (κ2) is 9.62. The molecule has 6 N–H and O–H groups in total. The highest BCUT2D eigenvalue weighted by Crippen LogP contribution is 2.32. The number of carbonyl (C=O) groups is 1. The van der Waals surface area contributed by atoms with Crippen molar-refractivity contribution < 1.29 is 19.7 Å². The summed E-state index contributed by atoms with van der Waals surface area (Å²) < 4.78 is 5.62. The van der Waals surface area contributed by atoms with Crippen LogP contribution in [0.3, 0.4) is 0 Å². The number of aryl methyl sites for hydroxylation is 1. The summed E-state index contributed by atoms with van der Waals surface area (Å²) in [5, 5.41) is 29.4. The van der Waals surface area contributed by atoms with E-state index in [9.17, 15) is 15.0 Å². The third-order valence-electron chi connectivity index (χ3n) is 3.24. The molecule has 1 rings (SSSR count). The van der Waals surface area contributed by atoms with Crippen LogP contribution in [-0.4, -0.2) is 49.4 Å². The average molecular weight is 331 g/mol. The largest absolute Gasteiger partial charge is 0.507 e. The van der Waals surface area contributed by atoms with E-state index in [4.69, 9.17) is 23.7 Å². The van der Waals surface area contributed by atoms with Crippen molar-refractivity contribution in [3.05, 3.63) is 35.0 Å². The van der Waals surface area contributed by atoms with E-state index < -0.39 is 5.97 Å².